The molecule has 2 nitrogen and oxygen atoms in total. The molecular formula is C24H23NOS. The van der Waals surface area contributed by atoms with E-state index in [9.17, 15) is 4.79 Å². The van der Waals surface area contributed by atoms with Gasteiger partial charge in [0.1, 0.15) is 0 Å². The number of anilines is 1. The Hall–Kier alpha value is -2.78. The monoisotopic (exact) mass is 373 g/mol. The minimum absolute atomic E-state index is 0.0176. The van der Waals surface area contributed by atoms with E-state index in [0.29, 0.717) is 10.8 Å². The van der Waals surface area contributed by atoms with E-state index in [2.05, 4.69) is 31.3 Å². The Morgan fingerprint density at radius 3 is 2.00 bits per heavy atom. The van der Waals surface area contributed by atoms with Crippen molar-refractivity contribution < 1.29 is 4.79 Å². The molecule has 0 unspecified atom stereocenters. The second kappa shape index (κ2) is 9.24. The molecule has 0 aliphatic heterocycles. The topological polar surface area (TPSA) is 29.1 Å². The summed E-state index contributed by atoms with van der Waals surface area (Å²) in [5, 5.41) is 3.96. The van der Waals surface area contributed by atoms with Gasteiger partial charge in [0.2, 0.25) is 0 Å². The zero-order valence-electron chi connectivity index (χ0n) is 15.6. The van der Waals surface area contributed by atoms with Crippen LogP contribution in [0, 0.1) is 0 Å². The van der Waals surface area contributed by atoms with Crippen LogP contribution in [0.15, 0.2) is 95.9 Å². The molecule has 3 aromatic carbocycles. The largest absolute Gasteiger partial charge is 0.354 e. The molecule has 0 atom stereocenters. The van der Waals surface area contributed by atoms with E-state index >= 15 is 0 Å². The number of ketones is 1. The molecule has 0 aliphatic rings. The zero-order chi connectivity index (χ0) is 19.1. The van der Waals surface area contributed by atoms with Gasteiger partial charge in [-0.1, -0.05) is 86.6 Å². The zero-order valence-corrected chi connectivity index (χ0v) is 16.4. The van der Waals surface area contributed by atoms with Gasteiger partial charge >= 0.3 is 0 Å². The van der Waals surface area contributed by atoms with E-state index in [1.54, 1.807) is 17.8 Å². The number of para-hydroxylation sites is 1. The molecule has 0 saturated carbocycles. The van der Waals surface area contributed by atoms with Crippen LogP contribution in [0.25, 0.3) is 5.70 Å². The van der Waals surface area contributed by atoms with Crippen LogP contribution in [0.3, 0.4) is 0 Å². The average molecular weight is 374 g/mol. The minimum Gasteiger partial charge on any atom is -0.354 e. The van der Waals surface area contributed by atoms with Crippen molar-refractivity contribution in [3.63, 3.8) is 0 Å². The lowest BCUT2D eigenvalue weighted by Crippen LogP contribution is -2.04. The number of allylic oxidation sites excluding steroid dienone is 1. The number of rotatable bonds is 7. The van der Waals surface area contributed by atoms with Crippen molar-refractivity contribution in [3.8, 4) is 0 Å². The fourth-order valence-corrected chi connectivity index (χ4v) is 3.61. The van der Waals surface area contributed by atoms with Crippen LogP contribution in [0.4, 0.5) is 5.69 Å². The lowest BCUT2D eigenvalue weighted by molar-refractivity contribution is 0.104. The summed E-state index contributed by atoms with van der Waals surface area (Å²) in [5.74, 6) is -0.0176. The second-order valence-corrected chi connectivity index (χ2v) is 8.06. The van der Waals surface area contributed by atoms with Crippen LogP contribution in [-0.4, -0.2) is 11.0 Å². The van der Waals surface area contributed by atoms with Gasteiger partial charge in [-0.2, -0.15) is 0 Å². The summed E-state index contributed by atoms with van der Waals surface area (Å²) in [6, 6.07) is 27.5. The first kappa shape index (κ1) is 19.0. The van der Waals surface area contributed by atoms with Crippen molar-refractivity contribution in [2.75, 3.05) is 5.32 Å². The van der Waals surface area contributed by atoms with E-state index in [4.69, 9.17) is 0 Å². The molecule has 0 spiro atoms. The van der Waals surface area contributed by atoms with Crippen LogP contribution < -0.4 is 5.32 Å². The summed E-state index contributed by atoms with van der Waals surface area (Å²) in [6.07, 6.45) is 1.68. The van der Waals surface area contributed by atoms with Crippen molar-refractivity contribution in [1.82, 2.24) is 0 Å². The molecule has 0 heterocycles. The SMILES string of the molecule is CC(C)Sc1ccccc1N/C(=C\C(=O)c1ccccc1)c1ccccc1. The van der Waals surface area contributed by atoms with Crippen molar-refractivity contribution >= 4 is 28.9 Å². The third kappa shape index (κ3) is 5.35. The Kier molecular flexibility index (Phi) is 6.50. The van der Waals surface area contributed by atoms with E-state index in [0.717, 1.165) is 16.9 Å². The van der Waals surface area contributed by atoms with Crippen molar-refractivity contribution in [3.05, 3.63) is 102 Å². The van der Waals surface area contributed by atoms with Gasteiger partial charge in [-0.15, -0.1) is 11.8 Å². The van der Waals surface area contributed by atoms with Gasteiger partial charge in [0.15, 0.2) is 5.78 Å². The fraction of sp³-hybridized carbons (Fsp3) is 0.125. The molecule has 136 valence electrons. The van der Waals surface area contributed by atoms with E-state index in [1.807, 2.05) is 72.8 Å². The Balaban J connectivity index is 1.97. The van der Waals surface area contributed by atoms with E-state index in [1.165, 1.54) is 4.90 Å². The molecule has 0 amide bonds. The standard InChI is InChI=1S/C24H23NOS/c1-18(2)27-24-16-10-9-15-21(24)25-22(19-11-5-3-6-12-19)17-23(26)20-13-7-4-8-14-20/h3-18,25H,1-2H3/b22-17-. The number of hydrogen-bond donors (Lipinski definition) is 1. The first-order valence-electron chi connectivity index (χ1n) is 9.02. The summed E-state index contributed by atoms with van der Waals surface area (Å²) in [5.41, 5.74) is 3.46. The summed E-state index contributed by atoms with van der Waals surface area (Å²) < 4.78 is 0. The van der Waals surface area contributed by atoms with Gasteiger partial charge in [0.25, 0.3) is 0 Å². The third-order valence-electron chi connectivity index (χ3n) is 3.94. The molecule has 1 N–H and O–H groups in total. The van der Waals surface area contributed by atoms with Crippen molar-refractivity contribution in [2.24, 2.45) is 0 Å². The molecule has 3 heteroatoms. The van der Waals surface area contributed by atoms with Crippen molar-refractivity contribution in [1.29, 1.82) is 0 Å². The maximum atomic E-state index is 12.8. The fourth-order valence-electron chi connectivity index (χ4n) is 2.70. The Bertz CT molecular complexity index is 917. The molecule has 0 radical (unpaired) electrons. The van der Waals surface area contributed by atoms with Gasteiger partial charge in [0, 0.05) is 27.5 Å². The highest BCUT2D eigenvalue weighted by molar-refractivity contribution is 8.00. The Morgan fingerprint density at radius 2 is 1.37 bits per heavy atom. The molecular weight excluding hydrogens is 350 g/mol. The van der Waals surface area contributed by atoms with Gasteiger partial charge in [-0.3, -0.25) is 4.79 Å². The van der Waals surface area contributed by atoms with Gasteiger partial charge in [-0.05, 0) is 17.7 Å². The summed E-state index contributed by atoms with van der Waals surface area (Å²) >= 11 is 1.80. The van der Waals surface area contributed by atoms with Crippen molar-refractivity contribution in [2.45, 2.75) is 24.0 Å². The number of carbonyl (C=O) groups is 1. The highest BCUT2D eigenvalue weighted by atomic mass is 32.2. The normalized spacial score (nSPS) is 11.4. The number of benzene rings is 3. The quantitative estimate of drug-likeness (QED) is 0.290. The first-order chi connectivity index (χ1) is 13.1. The average Bonchev–Trinajstić information content (AvgIpc) is 2.70. The van der Waals surface area contributed by atoms with E-state index in [-0.39, 0.29) is 5.78 Å². The van der Waals surface area contributed by atoms with Gasteiger partial charge < -0.3 is 5.32 Å². The molecule has 0 fully saturated rings. The predicted molar refractivity (Wildman–Crippen MR) is 116 cm³/mol. The van der Waals surface area contributed by atoms with Gasteiger partial charge in [-0.25, -0.2) is 0 Å². The number of carbonyl (C=O) groups excluding carboxylic acids is 1. The van der Waals surface area contributed by atoms with Crippen LogP contribution in [0.5, 0.6) is 0 Å². The molecule has 0 saturated heterocycles. The highest BCUT2D eigenvalue weighted by Gasteiger charge is 2.10. The van der Waals surface area contributed by atoms with E-state index < -0.39 is 0 Å². The van der Waals surface area contributed by atoms with Crippen LogP contribution in [0.1, 0.15) is 29.8 Å². The highest BCUT2D eigenvalue weighted by Crippen LogP contribution is 2.32. The van der Waals surface area contributed by atoms with Crippen LogP contribution >= 0.6 is 11.8 Å². The maximum Gasteiger partial charge on any atom is 0.187 e. The molecule has 0 aromatic heterocycles. The Morgan fingerprint density at radius 1 is 0.815 bits per heavy atom. The second-order valence-electron chi connectivity index (χ2n) is 6.44. The Labute approximate surface area is 165 Å². The lowest BCUT2D eigenvalue weighted by Gasteiger charge is -2.16. The summed E-state index contributed by atoms with van der Waals surface area (Å²) in [7, 11) is 0. The molecule has 0 aliphatic carbocycles. The van der Waals surface area contributed by atoms with Crippen LogP contribution in [-0.2, 0) is 0 Å². The third-order valence-corrected chi connectivity index (χ3v) is 5.02. The first-order valence-corrected chi connectivity index (χ1v) is 9.90. The molecule has 0 bridgehead atoms. The number of thioether (sulfide) groups is 1. The van der Waals surface area contributed by atoms with Crippen LogP contribution in [0.2, 0.25) is 0 Å². The predicted octanol–water partition coefficient (Wildman–Crippen LogP) is 6.52. The smallest absolute Gasteiger partial charge is 0.187 e. The van der Waals surface area contributed by atoms with Gasteiger partial charge in [0.05, 0.1) is 5.69 Å². The summed E-state index contributed by atoms with van der Waals surface area (Å²) in [4.78, 5) is 13.9. The minimum atomic E-state index is -0.0176. The lowest BCUT2D eigenvalue weighted by atomic mass is 10.1. The maximum absolute atomic E-state index is 12.8. The number of hydrogen-bond acceptors (Lipinski definition) is 3. The summed E-state index contributed by atoms with van der Waals surface area (Å²) in [6.45, 7) is 4.35. The molecule has 3 aromatic rings. The molecule has 3 rings (SSSR count). The molecule has 27 heavy (non-hydrogen) atoms. The number of nitrogens with one attached hydrogen (secondary N) is 1.